The molecule has 0 fully saturated rings. The lowest BCUT2D eigenvalue weighted by Crippen LogP contribution is -1.78. The van der Waals surface area contributed by atoms with Crippen LogP contribution in [0, 0.1) is 6.92 Å². The number of rotatable bonds is 0. The van der Waals surface area contributed by atoms with Crippen molar-refractivity contribution in [3.63, 3.8) is 0 Å². The van der Waals surface area contributed by atoms with E-state index in [4.69, 9.17) is 11.6 Å². The average molecular weight is 177 g/mol. The third-order valence-corrected chi connectivity index (χ3v) is 1.96. The molecule has 0 unspecified atom stereocenters. The molecule has 59 valence electrons. The van der Waals surface area contributed by atoms with Crippen molar-refractivity contribution >= 4 is 22.4 Å². The van der Waals surface area contributed by atoms with Crippen LogP contribution in [0.5, 0.6) is 0 Å². The zero-order valence-corrected chi connectivity index (χ0v) is 7.17. The van der Waals surface area contributed by atoms with Crippen molar-refractivity contribution in [1.29, 1.82) is 0 Å². The van der Waals surface area contributed by atoms with E-state index in [1.807, 2.05) is 24.3 Å². The van der Waals surface area contributed by atoms with Crippen molar-refractivity contribution in [2.24, 2.45) is 0 Å². The van der Waals surface area contributed by atoms with E-state index in [0.717, 1.165) is 16.3 Å². The Morgan fingerprint density at radius 2 is 2.00 bits per heavy atom. The fourth-order valence-corrected chi connectivity index (χ4v) is 1.33. The monoisotopic (exact) mass is 176 g/mol. The molecule has 0 N–H and O–H groups in total. The molecule has 0 atom stereocenters. The van der Waals surface area contributed by atoms with E-state index in [2.05, 4.69) is 11.9 Å². The Bertz CT molecular complexity index is 386. The van der Waals surface area contributed by atoms with Crippen LogP contribution in [0.4, 0.5) is 0 Å². The third kappa shape index (κ3) is 1.28. The maximum atomic E-state index is 5.74. The molecule has 1 aromatic heterocycles. The summed E-state index contributed by atoms with van der Waals surface area (Å²) in [7, 11) is 0. The molecule has 0 aliphatic heterocycles. The van der Waals surface area contributed by atoms with Crippen LogP contribution in [0.1, 0.15) is 5.56 Å². The summed E-state index contributed by atoms with van der Waals surface area (Å²) < 4.78 is 0. The van der Waals surface area contributed by atoms with E-state index >= 15 is 0 Å². The highest BCUT2D eigenvalue weighted by Crippen LogP contribution is 2.17. The maximum Gasteiger partial charge on any atom is 0.129 e. The SMILES string of the molecule is [CH2]c1ccc2cnc(Cl)cc2c1. The lowest BCUT2D eigenvalue weighted by molar-refractivity contribution is 1.36. The van der Waals surface area contributed by atoms with E-state index in [0.29, 0.717) is 5.15 Å². The van der Waals surface area contributed by atoms with Gasteiger partial charge in [-0.15, -0.1) is 0 Å². The Morgan fingerprint density at radius 3 is 2.83 bits per heavy atom. The number of nitrogens with zero attached hydrogens (tertiary/aromatic N) is 1. The van der Waals surface area contributed by atoms with Crippen LogP contribution in [0.3, 0.4) is 0 Å². The van der Waals surface area contributed by atoms with Gasteiger partial charge in [-0.05, 0) is 23.9 Å². The molecule has 2 rings (SSSR count). The van der Waals surface area contributed by atoms with Gasteiger partial charge in [-0.3, -0.25) is 0 Å². The molecule has 2 aromatic rings. The molecule has 0 bridgehead atoms. The van der Waals surface area contributed by atoms with Crippen molar-refractivity contribution in [2.75, 3.05) is 0 Å². The topological polar surface area (TPSA) is 12.9 Å². The van der Waals surface area contributed by atoms with E-state index in [9.17, 15) is 0 Å². The molecule has 2 heteroatoms. The van der Waals surface area contributed by atoms with Gasteiger partial charge >= 0.3 is 0 Å². The summed E-state index contributed by atoms with van der Waals surface area (Å²) in [6, 6.07) is 7.77. The number of hydrogen-bond donors (Lipinski definition) is 0. The summed E-state index contributed by atoms with van der Waals surface area (Å²) in [5, 5.41) is 2.70. The molecule has 0 saturated carbocycles. The summed E-state index contributed by atoms with van der Waals surface area (Å²) in [6.45, 7) is 3.84. The van der Waals surface area contributed by atoms with Gasteiger partial charge in [0.2, 0.25) is 0 Å². The number of fused-ring (bicyclic) bond motifs is 1. The van der Waals surface area contributed by atoms with Gasteiger partial charge in [-0.25, -0.2) is 4.98 Å². The van der Waals surface area contributed by atoms with Gasteiger partial charge in [0, 0.05) is 11.6 Å². The Morgan fingerprint density at radius 1 is 1.17 bits per heavy atom. The standard InChI is InChI=1S/C10H7ClN/c1-7-2-3-8-6-12-10(11)5-9(8)4-7/h2-6H,1H2. The maximum absolute atomic E-state index is 5.74. The summed E-state index contributed by atoms with van der Waals surface area (Å²) in [4.78, 5) is 3.98. The van der Waals surface area contributed by atoms with Crippen molar-refractivity contribution in [1.82, 2.24) is 4.98 Å². The highest BCUT2D eigenvalue weighted by Gasteiger charge is 1.94. The third-order valence-electron chi connectivity index (χ3n) is 1.75. The van der Waals surface area contributed by atoms with Crippen LogP contribution in [0.25, 0.3) is 10.8 Å². The highest BCUT2D eigenvalue weighted by atomic mass is 35.5. The number of halogens is 1. The van der Waals surface area contributed by atoms with Crippen molar-refractivity contribution < 1.29 is 0 Å². The van der Waals surface area contributed by atoms with Crippen LogP contribution < -0.4 is 0 Å². The quantitative estimate of drug-likeness (QED) is 0.563. The van der Waals surface area contributed by atoms with Gasteiger partial charge in [0.05, 0.1) is 0 Å². The fraction of sp³-hybridized carbons (Fsp3) is 0. The Balaban J connectivity index is 2.80. The fourth-order valence-electron chi connectivity index (χ4n) is 1.16. The smallest absolute Gasteiger partial charge is 0.129 e. The summed E-state index contributed by atoms with van der Waals surface area (Å²) in [5.74, 6) is 0. The van der Waals surface area contributed by atoms with Gasteiger partial charge in [0.1, 0.15) is 5.15 Å². The van der Waals surface area contributed by atoms with Crippen LogP contribution in [-0.4, -0.2) is 4.98 Å². The molecule has 0 aliphatic carbocycles. The molecular formula is C10H7ClN. The largest absolute Gasteiger partial charge is 0.244 e. The van der Waals surface area contributed by atoms with E-state index in [-0.39, 0.29) is 0 Å². The summed E-state index contributed by atoms with van der Waals surface area (Å²) in [5.41, 5.74) is 0.991. The lowest BCUT2D eigenvalue weighted by Gasteiger charge is -1.98. The summed E-state index contributed by atoms with van der Waals surface area (Å²) in [6.07, 6.45) is 1.76. The molecule has 0 spiro atoms. The molecule has 0 aliphatic rings. The molecule has 1 radical (unpaired) electrons. The second-order valence-electron chi connectivity index (χ2n) is 2.69. The first-order chi connectivity index (χ1) is 5.75. The summed E-state index contributed by atoms with van der Waals surface area (Å²) >= 11 is 5.74. The highest BCUT2D eigenvalue weighted by molar-refractivity contribution is 6.30. The average Bonchev–Trinajstić information content (AvgIpc) is 2.03. The zero-order chi connectivity index (χ0) is 8.55. The Labute approximate surface area is 76.0 Å². The van der Waals surface area contributed by atoms with Crippen LogP contribution >= 0.6 is 11.6 Å². The lowest BCUT2D eigenvalue weighted by atomic mass is 10.1. The number of pyridine rings is 1. The molecule has 1 heterocycles. The second-order valence-corrected chi connectivity index (χ2v) is 3.08. The predicted octanol–water partition coefficient (Wildman–Crippen LogP) is 3.07. The Hall–Kier alpha value is -1.08. The van der Waals surface area contributed by atoms with E-state index < -0.39 is 0 Å². The number of aromatic nitrogens is 1. The van der Waals surface area contributed by atoms with Crippen LogP contribution in [0.15, 0.2) is 30.5 Å². The predicted molar refractivity (Wildman–Crippen MR) is 51.2 cm³/mol. The van der Waals surface area contributed by atoms with Crippen molar-refractivity contribution in [3.05, 3.63) is 48.1 Å². The first kappa shape index (κ1) is 7.56. The molecule has 0 amide bonds. The first-order valence-corrected chi connectivity index (χ1v) is 4.01. The van der Waals surface area contributed by atoms with Gasteiger partial charge in [-0.2, -0.15) is 0 Å². The molecule has 1 aromatic carbocycles. The minimum atomic E-state index is 0.521. The van der Waals surface area contributed by atoms with E-state index in [1.54, 1.807) is 6.20 Å². The van der Waals surface area contributed by atoms with Crippen LogP contribution in [0.2, 0.25) is 5.15 Å². The van der Waals surface area contributed by atoms with Crippen molar-refractivity contribution in [2.45, 2.75) is 0 Å². The normalized spacial score (nSPS) is 10.5. The number of hydrogen-bond acceptors (Lipinski definition) is 1. The zero-order valence-electron chi connectivity index (χ0n) is 6.42. The van der Waals surface area contributed by atoms with Crippen LogP contribution in [-0.2, 0) is 0 Å². The number of benzene rings is 1. The van der Waals surface area contributed by atoms with Gasteiger partial charge < -0.3 is 0 Å². The first-order valence-electron chi connectivity index (χ1n) is 3.63. The molecule has 0 saturated heterocycles. The molecule has 12 heavy (non-hydrogen) atoms. The van der Waals surface area contributed by atoms with Gasteiger partial charge in [-0.1, -0.05) is 29.8 Å². The minimum absolute atomic E-state index is 0.521. The van der Waals surface area contributed by atoms with Gasteiger partial charge in [0.25, 0.3) is 0 Å². The molecule has 1 nitrogen and oxygen atoms in total. The Kier molecular flexibility index (Phi) is 1.74. The molecular weight excluding hydrogens is 170 g/mol. The van der Waals surface area contributed by atoms with Crippen molar-refractivity contribution in [3.8, 4) is 0 Å². The van der Waals surface area contributed by atoms with Gasteiger partial charge in [0.15, 0.2) is 0 Å². The second kappa shape index (κ2) is 2.76. The van der Waals surface area contributed by atoms with E-state index in [1.165, 1.54) is 0 Å². The minimum Gasteiger partial charge on any atom is -0.244 e.